The van der Waals surface area contributed by atoms with Gasteiger partial charge in [-0.15, -0.1) is 0 Å². The zero-order chi connectivity index (χ0) is 18.5. The molecule has 7 heteroatoms. The predicted molar refractivity (Wildman–Crippen MR) is 92.3 cm³/mol. The van der Waals surface area contributed by atoms with Gasteiger partial charge in [-0.3, -0.25) is 10.1 Å². The van der Waals surface area contributed by atoms with E-state index in [2.05, 4.69) is 0 Å². The molecule has 0 radical (unpaired) electrons. The van der Waals surface area contributed by atoms with Gasteiger partial charge in [0.15, 0.2) is 6.10 Å². The van der Waals surface area contributed by atoms with Gasteiger partial charge in [0.2, 0.25) is 0 Å². The van der Waals surface area contributed by atoms with Crippen LogP contribution in [0.25, 0.3) is 0 Å². The van der Waals surface area contributed by atoms with Crippen molar-refractivity contribution in [3.05, 3.63) is 39.9 Å². The number of para-hydroxylation sites is 1. The van der Waals surface area contributed by atoms with Crippen LogP contribution >= 0.6 is 0 Å². The molecule has 1 aromatic carbocycles. The summed E-state index contributed by atoms with van der Waals surface area (Å²) >= 11 is 0. The van der Waals surface area contributed by atoms with Crippen molar-refractivity contribution < 1.29 is 24.4 Å². The summed E-state index contributed by atoms with van der Waals surface area (Å²) < 4.78 is 5.40. The molecule has 0 heterocycles. The van der Waals surface area contributed by atoms with Crippen molar-refractivity contribution in [2.45, 2.75) is 64.1 Å². The monoisotopic (exact) mass is 351 g/mol. The Morgan fingerprint density at radius 1 is 1.16 bits per heavy atom. The summed E-state index contributed by atoms with van der Waals surface area (Å²) in [7, 11) is 0. The lowest BCUT2D eigenvalue weighted by Crippen LogP contribution is -2.23. The molecule has 1 N–H and O–H groups in total. The number of carboxylic acids is 1. The summed E-state index contributed by atoms with van der Waals surface area (Å²) in [5.74, 6) is -1.05. The fourth-order valence-corrected chi connectivity index (χ4v) is 2.54. The Balaban J connectivity index is 2.34. The number of hydrogen-bond acceptors (Lipinski definition) is 5. The number of aliphatic carboxylic acids is 1. The van der Waals surface area contributed by atoms with Crippen molar-refractivity contribution in [3.63, 3.8) is 0 Å². The maximum Gasteiger partial charge on any atom is 0.332 e. The van der Waals surface area contributed by atoms with Gasteiger partial charge < -0.3 is 14.6 Å². The van der Waals surface area contributed by atoms with E-state index in [1.807, 2.05) is 0 Å². The van der Waals surface area contributed by atoms with Gasteiger partial charge in [-0.2, -0.15) is 0 Å². The third-order valence-corrected chi connectivity index (χ3v) is 3.94. The molecule has 0 bridgehead atoms. The molecule has 0 saturated heterocycles. The van der Waals surface area contributed by atoms with Crippen molar-refractivity contribution in [1.82, 2.24) is 0 Å². The predicted octanol–water partition coefficient (Wildman–Crippen LogP) is 3.88. The van der Waals surface area contributed by atoms with Crippen molar-refractivity contribution in [2.75, 3.05) is 0 Å². The third kappa shape index (κ3) is 8.39. The van der Waals surface area contributed by atoms with E-state index in [9.17, 15) is 24.8 Å². The summed E-state index contributed by atoms with van der Waals surface area (Å²) in [6.45, 7) is -0.0974. The zero-order valence-corrected chi connectivity index (χ0v) is 14.3. The maximum absolute atomic E-state index is 11.3. The fourth-order valence-electron chi connectivity index (χ4n) is 2.54. The van der Waals surface area contributed by atoms with E-state index in [1.54, 1.807) is 18.2 Å². The highest BCUT2D eigenvalue weighted by Gasteiger charge is 2.20. The van der Waals surface area contributed by atoms with E-state index in [0.29, 0.717) is 18.4 Å². The van der Waals surface area contributed by atoms with Gasteiger partial charge in [-0.25, -0.2) is 4.79 Å². The molecule has 7 nitrogen and oxygen atoms in total. The summed E-state index contributed by atoms with van der Waals surface area (Å²) in [4.78, 5) is 31.9. The quantitative estimate of drug-likeness (QED) is 0.236. The van der Waals surface area contributed by atoms with E-state index in [1.165, 1.54) is 6.07 Å². The first-order valence-corrected chi connectivity index (χ1v) is 8.56. The minimum Gasteiger partial charge on any atom is -0.479 e. The number of ether oxygens (including phenoxy) is 1. The molecule has 138 valence electrons. The first-order valence-electron chi connectivity index (χ1n) is 8.56. The average molecular weight is 351 g/mol. The molecule has 0 amide bonds. The van der Waals surface area contributed by atoms with E-state index in [0.717, 1.165) is 44.8 Å². The molecular weight excluding hydrogens is 326 g/mol. The Labute approximate surface area is 147 Å². The summed E-state index contributed by atoms with van der Waals surface area (Å²) in [5, 5.41) is 20.2. The number of aldehydes is 1. The number of rotatable bonds is 14. The van der Waals surface area contributed by atoms with Crippen molar-refractivity contribution in [1.29, 1.82) is 0 Å². The van der Waals surface area contributed by atoms with Crippen molar-refractivity contribution >= 4 is 17.9 Å². The Morgan fingerprint density at radius 3 is 2.44 bits per heavy atom. The number of carboxylic acid groups (broad SMARTS) is 1. The minimum absolute atomic E-state index is 0.0676. The van der Waals surface area contributed by atoms with Crippen LogP contribution in [0.2, 0.25) is 0 Å². The molecule has 1 atom stereocenters. The molecule has 0 fully saturated rings. The molecule has 0 aliphatic heterocycles. The lowest BCUT2D eigenvalue weighted by atomic mass is 10.1. The van der Waals surface area contributed by atoms with Crippen molar-refractivity contribution in [2.24, 2.45) is 0 Å². The smallest absolute Gasteiger partial charge is 0.332 e. The summed E-state index contributed by atoms with van der Waals surface area (Å²) in [6.07, 6.45) is 6.50. The van der Waals surface area contributed by atoms with E-state index in [-0.39, 0.29) is 12.3 Å². The van der Waals surface area contributed by atoms with E-state index in [4.69, 9.17) is 4.74 Å². The van der Waals surface area contributed by atoms with E-state index >= 15 is 0 Å². The number of unbranched alkanes of at least 4 members (excludes halogenated alkanes) is 6. The van der Waals surface area contributed by atoms with Crippen LogP contribution < -0.4 is 0 Å². The Morgan fingerprint density at radius 2 is 1.80 bits per heavy atom. The average Bonchev–Trinajstić information content (AvgIpc) is 2.59. The third-order valence-electron chi connectivity index (χ3n) is 3.94. The lowest BCUT2D eigenvalue weighted by Gasteiger charge is -2.13. The number of carbonyl (C=O) groups excluding carboxylic acids is 1. The lowest BCUT2D eigenvalue weighted by molar-refractivity contribution is -0.386. The van der Waals surface area contributed by atoms with Crippen LogP contribution in [-0.2, 0) is 20.9 Å². The molecule has 0 saturated carbocycles. The van der Waals surface area contributed by atoms with Crippen LogP contribution in [0.3, 0.4) is 0 Å². The van der Waals surface area contributed by atoms with Gasteiger partial charge in [0, 0.05) is 12.5 Å². The van der Waals surface area contributed by atoms with Crippen LogP contribution in [0.5, 0.6) is 0 Å². The largest absolute Gasteiger partial charge is 0.479 e. The number of nitrogens with zero attached hydrogens (tertiary/aromatic N) is 1. The number of benzene rings is 1. The summed E-state index contributed by atoms with van der Waals surface area (Å²) in [6, 6.07) is 6.16. The van der Waals surface area contributed by atoms with Crippen molar-refractivity contribution in [3.8, 4) is 0 Å². The molecule has 0 aromatic heterocycles. The highest BCUT2D eigenvalue weighted by Crippen LogP contribution is 2.20. The minimum atomic E-state index is -1.05. The van der Waals surface area contributed by atoms with Gasteiger partial charge in [-0.1, -0.05) is 44.2 Å². The number of nitro groups is 1. The Bertz CT molecular complexity index is 560. The van der Waals surface area contributed by atoms with Gasteiger partial charge in [0.1, 0.15) is 6.29 Å². The van der Waals surface area contributed by atoms with Crippen LogP contribution in [0.15, 0.2) is 24.3 Å². The van der Waals surface area contributed by atoms with Gasteiger partial charge >= 0.3 is 5.97 Å². The van der Waals surface area contributed by atoms with Gasteiger partial charge in [-0.05, 0) is 18.9 Å². The number of carbonyl (C=O) groups is 2. The Hall–Kier alpha value is -2.28. The van der Waals surface area contributed by atoms with Crippen LogP contribution in [0.1, 0.15) is 56.9 Å². The second kappa shape index (κ2) is 12.1. The molecule has 1 rings (SSSR count). The first-order chi connectivity index (χ1) is 12.1. The standard InChI is InChI=1S/C18H25NO6/c20-13-9-5-3-1-2-4-6-12-17(18(21)22)25-14-15-10-7-8-11-16(15)19(23)24/h7-8,10-11,13,17H,1-6,9,12,14H2,(H,21,22). The van der Waals surface area contributed by atoms with Crippen LogP contribution in [0, 0.1) is 10.1 Å². The molecule has 0 aliphatic carbocycles. The highest BCUT2D eigenvalue weighted by atomic mass is 16.6. The number of nitro benzene ring substituents is 1. The second-order valence-corrected chi connectivity index (χ2v) is 5.89. The first kappa shape index (κ1) is 20.8. The molecule has 0 spiro atoms. The molecule has 0 aliphatic rings. The maximum atomic E-state index is 11.3. The van der Waals surface area contributed by atoms with Gasteiger partial charge in [0.05, 0.1) is 17.1 Å². The molecule has 1 aromatic rings. The Kier molecular flexibility index (Phi) is 10.1. The van der Waals surface area contributed by atoms with Gasteiger partial charge in [0.25, 0.3) is 5.69 Å². The normalized spacial score (nSPS) is 11.8. The van der Waals surface area contributed by atoms with Crippen LogP contribution in [-0.4, -0.2) is 28.4 Å². The number of hydrogen-bond donors (Lipinski definition) is 1. The molecule has 25 heavy (non-hydrogen) atoms. The molecule has 1 unspecified atom stereocenters. The fraction of sp³-hybridized carbons (Fsp3) is 0.556. The highest BCUT2D eigenvalue weighted by molar-refractivity contribution is 5.72. The SMILES string of the molecule is O=CCCCCCCCCC(OCc1ccccc1[N+](=O)[O-])C(=O)O. The zero-order valence-electron chi connectivity index (χ0n) is 14.3. The summed E-state index contributed by atoms with van der Waals surface area (Å²) in [5.41, 5.74) is 0.302. The second-order valence-electron chi connectivity index (χ2n) is 5.89. The molecular formula is C18H25NO6. The van der Waals surface area contributed by atoms with E-state index < -0.39 is 17.0 Å². The van der Waals surface area contributed by atoms with Crippen LogP contribution in [0.4, 0.5) is 5.69 Å². The topological polar surface area (TPSA) is 107 Å².